The van der Waals surface area contributed by atoms with Crippen molar-refractivity contribution >= 4 is 11.8 Å². The van der Waals surface area contributed by atoms with E-state index in [0.717, 1.165) is 6.07 Å². The van der Waals surface area contributed by atoms with Gasteiger partial charge in [0, 0.05) is 31.3 Å². The molecule has 1 fully saturated rings. The molecule has 1 atom stereocenters. The lowest BCUT2D eigenvalue weighted by Gasteiger charge is -2.35. The molecule has 1 heterocycles. The number of nitro groups is 1. The number of non-ortho nitro benzene ring substituents is 1. The molecule has 0 aromatic heterocycles. The first-order valence-electron chi connectivity index (χ1n) is 7.32. The normalized spacial score (nSPS) is 18.6. The van der Waals surface area contributed by atoms with E-state index in [1.54, 1.807) is 20.8 Å². The highest BCUT2D eigenvalue weighted by atomic mass is 19.1. The van der Waals surface area contributed by atoms with Crippen LogP contribution in [0.3, 0.4) is 0 Å². The highest BCUT2D eigenvalue weighted by molar-refractivity contribution is 5.68. The van der Waals surface area contributed by atoms with Gasteiger partial charge in [0.15, 0.2) is 0 Å². The Hall–Kier alpha value is -2.22. The number of halogens is 1. The molecular weight excluding hydrogens is 305 g/mol. The van der Waals surface area contributed by atoms with Crippen molar-refractivity contribution in [2.24, 2.45) is 0 Å². The third-order valence-electron chi connectivity index (χ3n) is 3.40. The quantitative estimate of drug-likeness (QED) is 0.667. The van der Waals surface area contributed by atoms with Crippen molar-refractivity contribution in [2.45, 2.75) is 32.4 Å². The molecule has 7 nitrogen and oxygen atoms in total. The van der Waals surface area contributed by atoms with Gasteiger partial charge in [0.05, 0.1) is 17.0 Å². The van der Waals surface area contributed by atoms with Gasteiger partial charge in [-0.05, 0) is 26.8 Å². The molecule has 1 aliphatic heterocycles. The Balaban J connectivity index is 2.12. The molecule has 8 heteroatoms. The van der Waals surface area contributed by atoms with Crippen LogP contribution >= 0.6 is 0 Å². The Kier molecular flexibility index (Phi) is 4.84. The summed E-state index contributed by atoms with van der Waals surface area (Å²) in [6, 6.07) is 3.09. The molecule has 0 saturated carbocycles. The van der Waals surface area contributed by atoms with Crippen LogP contribution in [0.2, 0.25) is 0 Å². The molecule has 1 amide bonds. The Morgan fingerprint density at radius 2 is 2.17 bits per heavy atom. The maximum atomic E-state index is 14.1. The Labute approximate surface area is 133 Å². The standard InChI is InChI=1S/C15H20FN3O4/c1-15(2,3)23-14(20)18-7-6-17-13(9-18)11-5-4-10(19(21)22)8-12(11)16/h4-5,8,13,17H,6-7,9H2,1-3H3. The summed E-state index contributed by atoms with van der Waals surface area (Å²) in [7, 11) is 0. The molecule has 0 radical (unpaired) electrons. The molecule has 0 aliphatic carbocycles. The molecule has 1 aliphatic rings. The van der Waals surface area contributed by atoms with Crippen LogP contribution < -0.4 is 5.32 Å². The molecule has 1 aromatic rings. The number of rotatable bonds is 2. The van der Waals surface area contributed by atoms with Crippen LogP contribution in [0.5, 0.6) is 0 Å². The first-order chi connectivity index (χ1) is 10.7. The number of nitro benzene ring substituents is 1. The third kappa shape index (κ3) is 4.38. The third-order valence-corrected chi connectivity index (χ3v) is 3.40. The highest BCUT2D eigenvalue weighted by Crippen LogP contribution is 2.25. The van der Waals surface area contributed by atoms with E-state index in [-0.39, 0.29) is 12.2 Å². The molecule has 0 spiro atoms. The number of carbonyl (C=O) groups is 1. The summed E-state index contributed by atoms with van der Waals surface area (Å²) in [5.74, 6) is -0.664. The number of nitrogens with zero attached hydrogens (tertiary/aromatic N) is 2. The summed E-state index contributed by atoms with van der Waals surface area (Å²) in [5, 5.41) is 13.8. The number of nitrogens with one attached hydrogen (secondary N) is 1. The maximum Gasteiger partial charge on any atom is 0.410 e. The Morgan fingerprint density at radius 3 is 2.74 bits per heavy atom. The Bertz CT molecular complexity index is 615. The van der Waals surface area contributed by atoms with Gasteiger partial charge in [-0.2, -0.15) is 0 Å². The van der Waals surface area contributed by atoms with Gasteiger partial charge in [-0.3, -0.25) is 10.1 Å². The number of hydrogen-bond donors (Lipinski definition) is 1. The van der Waals surface area contributed by atoms with E-state index in [4.69, 9.17) is 4.74 Å². The SMILES string of the molecule is CC(C)(C)OC(=O)N1CCNC(c2ccc([N+](=O)[O-])cc2F)C1. The second-order valence-electron chi connectivity index (χ2n) is 6.40. The van der Waals surface area contributed by atoms with E-state index in [0.29, 0.717) is 18.7 Å². The van der Waals surface area contributed by atoms with Gasteiger partial charge < -0.3 is 15.0 Å². The van der Waals surface area contributed by atoms with Gasteiger partial charge in [-0.15, -0.1) is 0 Å². The summed E-state index contributed by atoms with van der Waals surface area (Å²) in [5.41, 5.74) is -0.606. The zero-order chi connectivity index (χ0) is 17.2. The zero-order valence-corrected chi connectivity index (χ0v) is 13.3. The number of piperazine rings is 1. The van der Waals surface area contributed by atoms with Gasteiger partial charge in [0.2, 0.25) is 0 Å². The second kappa shape index (κ2) is 6.49. The summed E-state index contributed by atoms with van der Waals surface area (Å²) < 4.78 is 19.4. The van der Waals surface area contributed by atoms with Crippen molar-refractivity contribution in [3.63, 3.8) is 0 Å². The summed E-state index contributed by atoms with van der Waals surface area (Å²) in [6.45, 7) is 6.52. The molecule has 2 rings (SSSR count). The van der Waals surface area contributed by atoms with E-state index in [2.05, 4.69) is 5.32 Å². The minimum Gasteiger partial charge on any atom is -0.444 e. The molecule has 126 valence electrons. The smallest absolute Gasteiger partial charge is 0.410 e. The minimum atomic E-state index is -0.664. The molecule has 1 N–H and O–H groups in total. The van der Waals surface area contributed by atoms with Crippen LogP contribution in [0.4, 0.5) is 14.9 Å². The van der Waals surface area contributed by atoms with Gasteiger partial charge in [-0.1, -0.05) is 0 Å². The van der Waals surface area contributed by atoms with E-state index < -0.39 is 28.5 Å². The number of hydrogen-bond acceptors (Lipinski definition) is 5. The van der Waals surface area contributed by atoms with Crippen LogP contribution in [0.1, 0.15) is 32.4 Å². The Morgan fingerprint density at radius 1 is 1.48 bits per heavy atom. The van der Waals surface area contributed by atoms with Gasteiger partial charge >= 0.3 is 6.09 Å². The molecule has 1 aromatic carbocycles. The predicted octanol–water partition coefficient (Wildman–Crippen LogP) is 2.62. The van der Waals surface area contributed by atoms with Crippen molar-refractivity contribution in [2.75, 3.05) is 19.6 Å². The molecule has 1 saturated heterocycles. The second-order valence-corrected chi connectivity index (χ2v) is 6.40. The monoisotopic (exact) mass is 325 g/mol. The minimum absolute atomic E-state index is 0.240. The van der Waals surface area contributed by atoms with Gasteiger partial charge in [-0.25, -0.2) is 9.18 Å². The molecule has 1 unspecified atom stereocenters. The van der Waals surface area contributed by atoms with Crippen molar-refractivity contribution < 1.29 is 18.8 Å². The fraction of sp³-hybridized carbons (Fsp3) is 0.533. The van der Waals surface area contributed by atoms with Crippen molar-refractivity contribution in [3.8, 4) is 0 Å². The first kappa shape index (κ1) is 17.1. The fourth-order valence-corrected chi connectivity index (χ4v) is 2.36. The number of amides is 1. The summed E-state index contributed by atoms with van der Waals surface area (Å²) in [6.07, 6.45) is -0.452. The number of benzene rings is 1. The fourth-order valence-electron chi connectivity index (χ4n) is 2.36. The average molecular weight is 325 g/mol. The lowest BCUT2D eigenvalue weighted by atomic mass is 10.0. The first-order valence-corrected chi connectivity index (χ1v) is 7.32. The van der Waals surface area contributed by atoms with Crippen LogP contribution in [-0.4, -0.2) is 41.2 Å². The number of ether oxygens (including phenoxy) is 1. The van der Waals surface area contributed by atoms with Crippen molar-refractivity contribution in [3.05, 3.63) is 39.7 Å². The van der Waals surface area contributed by atoms with Crippen LogP contribution in [0, 0.1) is 15.9 Å². The molecule has 0 bridgehead atoms. The largest absolute Gasteiger partial charge is 0.444 e. The van der Waals surface area contributed by atoms with Crippen LogP contribution in [-0.2, 0) is 4.74 Å². The average Bonchev–Trinajstić information content (AvgIpc) is 2.45. The number of carbonyl (C=O) groups excluding carboxylic acids is 1. The van der Waals surface area contributed by atoms with Gasteiger partial charge in [0.1, 0.15) is 11.4 Å². The van der Waals surface area contributed by atoms with Crippen LogP contribution in [0.15, 0.2) is 18.2 Å². The maximum absolute atomic E-state index is 14.1. The highest BCUT2D eigenvalue weighted by Gasteiger charge is 2.29. The molecule has 23 heavy (non-hydrogen) atoms. The van der Waals surface area contributed by atoms with Crippen molar-refractivity contribution in [1.82, 2.24) is 10.2 Å². The summed E-state index contributed by atoms with van der Waals surface area (Å²) >= 11 is 0. The molecular formula is C15H20FN3O4. The van der Waals surface area contributed by atoms with Crippen molar-refractivity contribution in [1.29, 1.82) is 0 Å². The van der Waals surface area contributed by atoms with Gasteiger partial charge in [0.25, 0.3) is 5.69 Å². The van der Waals surface area contributed by atoms with E-state index >= 15 is 0 Å². The lowest BCUT2D eigenvalue weighted by molar-refractivity contribution is -0.385. The summed E-state index contributed by atoms with van der Waals surface area (Å²) in [4.78, 5) is 23.6. The van der Waals surface area contributed by atoms with E-state index in [9.17, 15) is 19.3 Å². The zero-order valence-electron chi connectivity index (χ0n) is 13.3. The van der Waals surface area contributed by atoms with Crippen LogP contribution in [0.25, 0.3) is 0 Å². The topological polar surface area (TPSA) is 84.7 Å². The predicted molar refractivity (Wildman–Crippen MR) is 81.6 cm³/mol. The lowest BCUT2D eigenvalue weighted by Crippen LogP contribution is -2.49. The van der Waals surface area contributed by atoms with E-state index in [1.165, 1.54) is 17.0 Å². The van der Waals surface area contributed by atoms with E-state index in [1.807, 2.05) is 0 Å².